The van der Waals surface area contributed by atoms with Crippen molar-refractivity contribution in [1.82, 2.24) is 20.4 Å². The van der Waals surface area contributed by atoms with Gasteiger partial charge in [-0.25, -0.2) is 0 Å². The summed E-state index contributed by atoms with van der Waals surface area (Å²) < 4.78 is 0. The van der Waals surface area contributed by atoms with E-state index in [2.05, 4.69) is 25.7 Å². The number of rotatable bonds is 3. The van der Waals surface area contributed by atoms with Crippen LogP contribution in [0.5, 0.6) is 0 Å². The number of nitrogen functional groups attached to an aromatic ring is 1. The number of hydrogen-bond donors (Lipinski definition) is 4. The van der Waals surface area contributed by atoms with Gasteiger partial charge in [0.15, 0.2) is 5.69 Å². The van der Waals surface area contributed by atoms with E-state index < -0.39 is 0 Å². The average molecular weight is 232 g/mol. The van der Waals surface area contributed by atoms with Crippen molar-refractivity contribution in [2.75, 3.05) is 11.1 Å². The highest BCUT2D eigenvalue weighted by Gasteiger charge is 2.30. The van der Waals surface area contributed by atoms with Gasteiger partial charge in [-0.3, -0.25) is 15.0 Å². The number of hydrogen-bond acceptors (Lipinski definition) is 4. The van der Waals surface area contributed by atoms with E-state index in [-0.39, 0.29) is 11.6 Å². The summed E-state index contributed by atoms with van der Waals surface area (Å²) in [6.45, 7) is 0. The first-order valence-corrected chi connectivity index (χ1v) is 5.39. The summed E-state index contributed by atoms with van der Waals surface area (Å²) in [5, 5.41) is 15.8. The number of anilines is 2. The molecule has 2 aromatic heterocycles. The van der Waals surface area contributed by atoms with Crippen LogP contribution in [0.1, 0.15) is 34.9 Å². The van der Waals surface area contributed by atoms with Gasteiger partial charge in [0.2, 0.25) is 0 Å². The van der Waals surface area contributed by atoms with Crippen molar-refractivity contribution in [2.45, 2.75) is 18.8 Å². The van der Waals surface area contributed by atoms with Crippen molar-refractivity contribution in [3.63, 3.8) is 0 Å². The van der Waals surface area contributed by atoms with Gasteiger partial charge in [-0.1, -0.05) is 0 Å². The molecule has 88 valence electrons. The van der Waals surface area contributed by atoms with E-state index >= 15 is 0 Å². The molecular formula is C10H12N6O. The molecule has 0 aromatic carbocycles. The number of carbonyl (C=O) groups excluding carboxylic acids is 1. The molecule has 7 heteroatoms. The molecule has 1 aliphatic rings. The van der Waals surface area contributed by atoms with Crippen LogP contribution in [0.4, 0.5) is 11.4 Å². The zero-order valence-corrected chi connectivity index (χ0v) is 9.03. The monoisotopic (exact) mass is 232 g/mol. The molecule has 0 saturated heterocycles. The molecule has 0 spiro atoms. The maximum Gasteiger partial charge on any atom is 0.278 e. The van der Waals surface area contributed by atoms with E-state index in [0.29, 0.717) is 17.3 Å². The van der Waals surface area contributed by atoms with Crippen LogP contribution < -0.4 is 11.1 Å². The Kier molecular flexibility index (Phi) is 2.10. The molecule has 1 saturated carbocycles. The molecular weight excluding hydrogens is 220 g/mol. The average Bonchev–Trinajstić information content (AvgIpc) is 2.88. The summed E-state index contributed by atoms with van der Waals surface area (Å²) in [5.41, 5.74) is 8.06. The third-order valence-electron chi connectivity index (χ3n) is 2.79. The van der Waals surface area contributed by atoms with Gasteiger partial charge in [-0.2, -0.15) is 10.2 Å². The summed E-state index contributed by atoms with van der Waals surface area (Å²) in [4.78, 5) is 11.9. The number of aromatic nitrogens is 4. The van der Waals surface area contributed by atoms with Crippen LogP contribution >= 0.6 is 0 Å². The first kappa shape index (κ1) is 9.88. The molecule has 7 nitrogen and oxygen atoms in total. The highest BCUT2D eigenvalue weighted by molar-refractivity contribution is 6.06. The van der Waals surface area contributed by atoms with Crippen molar-refractivity contribution >= 4 is 17.3 Å². The summed E-state index contributed by atoms with van der Waals surface area (Å²) >= 11 is 0. The lowest BCUT2D eigenvalue weighted by Gasteiger charge is -2.00. The van der Waals surface area contributed by atoms with E-state index in [1.54, 1.807) is 6.20 Å². The quantitative estimate of drug-likeness (QED) is 0.628. The molecule has 1 aliphatic carbocycles. The Bertz CT molecular complexity index is 539. The van der Waals surface area contributed by atoms with Crippen molar-refractivity contribution in [1.29, 1.82) is 0 Å². The largest absolute Gasteiger partial charge is 0.395 e. The fraction of sp³-hybridized carbons (Fsp3) is 0.300. The van der Waals surface area contributed by atoms with E-state index in [1.807, 2.05) is 0 Å². The Hall–Kier alpha value is -2.31. The summed E-state index contributed by atoms with van der Waals surface area (Å²) in [6.07, 6.45) is 5.31. The van der Waals surface area contributed by atoms with Crippen molar-refractivity contribution in [2.24, 2.45) is 0 Å². The summed E-state index contributed by atoms with van der Waals surface area (Å²) in [7, 11) is 0. The molecule has 2 aromatic rings. The maximum absolute atomic E-state index is 11.9. The highest BCUT2D eigenvalue weighted by atomic mass is 16.2. The number of nitrogens with two attached hydrogens (primary N) is 1. The molecule has 1 fully saturated rings. The van der Waals surface area contributed by atoms with Gasteiger partial charge in [0.05, 0.1) is 23.3 Å². The Labute approximate surface area is 96.8 Å². The molecule has 0 atom stereocenters. The third kappa shape index (κ3) is 1.75. The van der Waals surface area contributed by atoms with Gasteiger partial charge in [-0.05, 0) is 12.8 Å². The van der Waals surface area contributed by atoms with Gasteiger partial charge < -0.3 is 11.1 Å². The molecule has 0 bridgehead atoms. The molecule has 0 radical (unpaired) electrons. The van der Waals surface area contributed by atoms with Crippen molar-refractivity contribution in [3.05, 3.63) is 23.8 Å². The van der Waals surface area contributed by atoms with E-state index in [0.717, 1.165) is 18.5 Å². The smallest absolute Gasteiger partial charge is 0.278 e. The minimum atomic E-state index is -0.327. The fourth-order valence-corrected chi connectivity index (χ4v) is 1.73. The normalized spacial score (nSPS) is 14.8. The Morgan fingerprint density at radius 2 is 2.35 bits per heavy atom. The van der Waals surface area contributed by atoms with Gasteiger partial charge >= 0.3 is 0 Å². The number of nitrogens with zero attached hydrogens (tertiary/aromatic N) is 2. The van der Waals surface area contributed by atoms with Gasteiger partial charge in [0.1, 0.15) is 0 Å². The predicted octanol–water partition coefficient (Wildman–Crippen LogP) is 0.845. The third-order valence-corrected chi connectivity index (χ3v) is 2.79. The van der Waals surface area contributed by atoms with Crippen LogP contribution in [-0.4, -0.2) is 26.3 Å². The molecule has 0 aliphatic heterocycles. The molecule has 5 N–H and O–H groups in total. The lowest BCUT2D eigenvalue weighted by Crippen LogP contribution is -2.13. The minimum absolute atomic E-state index is 0.244. The van der Waals surface area contributed by atoms with Gasteiger partial charge in [-0.15, -0.1) is 0 Å². The molecule has 0 unspecified atom stereocenters. The fourth-order valence-electron chi connectivity index (χ4n) is 1.73. The first-order chi connectivity index (χ1) is 8.25. The maximum atomic E-state index is 11.9. The zero-order chi connectivity index (χ0) is 11.8. The van der Waals surface area contributed by atoms with Crippen LogP contribution in [0.15, 0.2) is 12.4 Å². The summed E-state index contributed by atoms with van der Waals surface area (Å²) in [5.74, 6) is 0.116. The van der Waals surface area contributed by atoms with Crippen LogP contribution in [-0.2, 0) is 0 Å². The number of aromatic amines is 2. The van der Waals surface area contributed by atoms with E-state index in [1.165, 1.54) is 6.20 Å². The van der Waals surface area contributed by atoms with Crippen LogP contribution in [0.3, 0.4) is 0 Å². The second-order valence-corrected chi connectivity index (χ2v) is 4.11. The number of amides is 1. The topological polar surface area (TPSA) is 112 Å². The van der Waals surface area contributed by atoms with E-state index in [4.69, 9.17) is 5.73 Å². The molecule has 17 heavy (non-hydrogen) atoms. The first-order valence-electron chi connectivity index (χ1n) is 5.39. The van der Waals surface area contributed by atoms with E-state index in [9.17, 15) is 4.79 Å². The summed E-state index contributed by atoms with van der Waals surface area (Å²) in [6, 6.07) is 0. The second-order valence-electron chi connectivity index (χ2n) is 4.11. The lowest BCUT2D eigenvalue weighted by atomic mass is 10.2. The molecule has 3 rings (SSSR count). The molecule has 1 amide bonds. The van der Waals surface area contributed by atoms with Crippen LogP contribution in [0.2, 0.25) is 0 Å². The lowest BCUT2D eigenvalue weighted by molar-refractivity contribution is 0.102. The zero-order valence-electron chi connectivity index (χ0n) is 9.03. The number of nitrogens with one attached hydrogen (secondary N) is 3. The number of H-pyrrole nitrogens is 2. The minimum Gasteiger partial charge on any atom is -0.395 e. The highest BCUT2D eigenvalue weighted by Crippen LogP contribution is 2.42. The number of carbonyl (C=O) groups is 1. The van der Waals surface area contributed by atoms with Gasteiger partial charge in [0.25, 0.3) is 5.91 Å². The van der Waals surface area contributed by atoms with Crippen molar-refractivity contribution in [3.8, 4) is 0 Å². The predicted molar refractivity (Wildman–Crippen MR) is 61.5 cm³/mol. The Balaban J connectivity index is 1.81. The SMILES string of the molecule is Nc1c(C(=O)Nc2cn[nH]c2)n[nH]c1C1CC1. The second kappa shape index (κ2) is 3.62. The molecule has 2 heterocycles. The Morgan fingerprint density at radius 3 is 3.00 bits per heavy atom. The van der Waals surface area contributed by atoms with Gasteiger partial charge in [0, 0.05) is 12.1 Å². The van der Waals surface area contributed by atoms with Crippen LogP contribution in [0.25, 0.3) is 0 Å². The van der Waals surface area contributed by atoms with Crippen LogP contribution in [0, 0.1) is 0 Å². The van der Waals surface area contributed by atoms with Crippen molar-refractivity contribution < 1.29 is 4.79 Å². The standard InChI is InChI=1S/C10H12N6O/c11-7-8(5-1-2-5)15-16-9(7)10(17)14-6-3-12-13-4-6/h3-5H,1-2,11H2,(H,12,13)(H,14,17)(H,15,16). The Morgan fingerprint density at radius 1 is 1.53 bits per heavy atom.